The Labute approximate surface area is 147 Å². The summed E-state index contributed by atoms with van der Waals surface area (Å²) < 4.78 is 3.78. The lowest BCUT2D eigenvalue weighted by Gasteiger charge is -2.15. The van der Waals surface area contributed by atoms with Gasteiger partial charge in [-0.1, -0.05) is 30.3 Å². The van der Waals surface area contributed by atoms with E-state index >= 15 is 0 Å². The van der Waals surface area contributed by atoms with E-state index in [1.807, 2.05) is 61.1 Å². The van der Waals surface area contributed by atoms with Crippen LogP contribution in [0.25, 0.3) is 10.9 Å². The van der Waals surface area contributed by atoms with E-state index in [2.05, 4.69) is 18.2 Å². The highest BCUT2D eigenvalue weighted by molar-refractivity contribution is 5.79. The SMILES string of the molecule is CC(C)(C#N)CCCn1ccc2ccn(Cc3ccccc3)c2c1=O. The van der Waals surface area contributed by atoms with Crippen LogP contribution in [0.3, 0.4) is 0 Å². The third kappa shape index (κ3) is 3.83. The van der Waals surface area contributed by atoms with Gasteiger partial charge >= 0.3 is 0 Å². The van der Waals surface area contributed by atoms with Gasteiger partial charge in [0.25, 0.3) is 5.56 Å². The molecule has 4 nitrogen and oxygen atoms in total. The van der Waals surface area contributed by atoms with Crippen molar-refractivity contribution in [3.05, 3.63) is 70.8 Å². The summed E-state index contributed by atoms with van der Waals surface area (Å²) in [6.45, 7) is 5.19. The van der Waals surface area contributed by atoms with E-state index in [9.17, 15) is 4.79 Å². The molecule has 4 heteroatoms. The molecule has 3 aromatic rings. The van der Waals surface area contributed by atoms with Gasteiger partial charge in [-0.05, 0) is 44.4 Å². The third-order valence-corrected chi connectivity index (χ3v) is 4.59. The van der Waals surface area contributed by atoms with Gasteiger partial charge in [0, 0.05) is 30.9 Å². The van der Waals surface area contributed by atoms with Crippen molar-refractivity contribution in [3.8, 4) is 6.07 Å². The minimum atomic E-state index is -0.346. The van der Waals surface area contributed by atoms with Crippen LogP contribution in [0.5, 0.6) is 0 Å². The van der Waals surface area contributed by atoms with Crippen molar-refractivity contribution < 1.29 is 0 Å². The molecule has 0 aliphatic carbocycles. The van der Waals surface area contributed by atoms with Gasteiger partial charge in [0.05, 0.1) is 11.5 Å². The second-order valence-electron chi connectivity index (χ2n) is 7.15. The molecule has 0 unspecified atom stereocenters. The van der Waals surface area contributed by atoms with E-state index in [-0.39, 0.29) is 11.0 Å². The molecular formula is C21H23N3O. The van der Waals surface area contributed by atoms with Crippen molar-refractivity contribution in [2.45, 2.75) is 39.8 Å². The molecule has 2 heterocycles. The second kappa shape index (κ2) is 6.98. The molecule has 0 atom stereocenters. The highest BCUT2D eigenvalue weighted by atomic mass is 16.1. The van der Waals surface area contributed by atoms with Gasteiger partial charge in [-0.25, -0.2) is 0 Å². The van der Waals surface area contributed by atoms with Crippen LogP contribution in [0.1, 0.15) is 32.3 Å². The van der Waals surface area contributed by atoms with Crippen molar-refractivity contribution in [2.75, 3.05) is 0 Å². The molecule has 2 aromatic heterocycles. The predicted octanol–water partition coefficient (Wildman–Crippen LogP) is 4.18. The summed E-state index contributed by atoms with van der Waals surface area (Å²) in [7, 11) is 0. The summed E-state index contributed by atoms with van der Waals surface area (Å²) in [4.78, 5) is 12.9. The highest BCUT2D eigenvalue weighted by Gasteiger charge is 2.16. The molecule has 3 rings (SSSR count). The van der Waals surface area contributed by atoms with Gasteiger partial charge in [0.1, 0.15) is 5.52 Å². The zero-order valence-corrected chi connectivity index (χ0v) is 14.8. The maximum atomic E-state index is 12.9. The summed E-state index contributed by atoms with van der Waals surface area (Å²) in [5, 5.41) is 10.1. The summed E-state index contributed by atoms with van der Waals surface area (Å²) in [6, 6.07) is 16.4. The van der Waals surface area contributed by atoms with Crippen molar-refractivity contribution in [3.63, 3.8) is 0 Å². The molecule has 1 aromatic carbocycles. The van der Waals surface area contributed by atoms with Crippen LogP contribution in [-0.4, -0.2) is 9.13 Å². The van der Waals surface area contributed by atoms with Gasteiger partial charge in [0.15, 0.2) is 0 Å². The van der Waals surface area contributed by atoms with Crippen molar-refractivity contribution in [1.82, 2.24) is 9.13 Å². The van der Waals surface area contributed by atoms with Crippen LogP contribution in [0, 0.1) is 16.7 Å². The molecule has 0 spiro atoms. The molecule has 0 radical (unpaired) electrons. The van der Waals surface area contributed by atoms with E-state index < -0.39 is 0 Å². The zero-order valence-electron chi connectivity index (χ0n) is 14.8. The first-order valence-electron chi connectivity index (χ1n) is 8.64. The Bertz CT molecular complexity index is 958. The number of benzene rings is 1. The van der Waals surface area contributed by atoms with Crippen molar-refractivity contribution in [2.24, 2.45) is 5.41 Å². The molecule has 0 saturated carbocycles. The molecular weight excluding hydrogens is 310 g/mol. The number of nitrogens with zero attached hydrogens (tertiary/aromatic N) is 3. The molecule has 25 heavy (non-hydrogen) atoms. The number of hydrogen-bond acceptors (Lipinski definition) is 2. The topological polar surface area (TPSA) is 50.7 Å². The normalized spacial score (nSPS) is 11.6. The van der Waals surface area contributed by atoms with E-state index in [1.165, 1.54) is 5.56 Å². The fourth-order valence-electron chi connectivity index (χ4n) is 3.08. The first-order chi connectivity index (χ1) is 12.0. The quantitative estimate of drug-likeness (QED) is 0.679. The van der Waals surface area contributed by atoms with E-state index in [1.54, 1.807) is 4.57 Å². The standard InChI is InChI=1S/C21H23N3O/c1-21(2,16-22)11-6-12-23-13-9-18-10-14-24(19(18)20(23)25)15-17-7-4-3-5-8-17/h3-5,7-10,13-14H,6,11-12,15H2,1-2H3. The predicted molar refractivity (Wildman–Crippen MR) is 100 cm³/mol. The minimum Gasteiger partial charge on any atom is -0.339 e. The fourth-order valence-corrected chi connectivity index (χ4v) is 3.08. The Balaban J connectivity index is 1.85. The largest absolute Gasteiger partial charge is 0.339 e. The average molecular weight is 333 g/mol. The summed E-state index contributed by atoms with van der Waals surface area (Å²) in [5.41, 5.74) is 1.60. The fraction of sp³-hybridized carbons (Fsp3) is 0.333. The summed E-state index contributed by atoms with van der Waals surface area (Å²) in [6.07, 6.45) is 5.42. The first kappa shape index (κ1) is 17.0. The number of hydrogen-bond donors (Lipinski definition) is 0. The Kier molecular flexibility index (Phi) is 4.76. The van der Waals surface area contributed by atoms with Crippen LogP contribution in [0.15, 0.2) is 59.7 Å². The molecule has 0 saturated heterocycles. The number of fused-ring (bicyclic) bond motifs is 1. The second-order valence-corrected chi connectivity index (χ2v) is 7.15. The van der Waals surface area contributed by atoms with Crippen LogP contribution >= 0.6 is 0 Å². The Morgan fingerprint density at radius 3 is 2.40 bits per heavy atom. The lowest BCUT2D eigenvalue weighted by molar-refractivity contribution is 0.413. The highest BCUT2D eigenvalue weighted by Crippen LogP contribution is 2.21. The average Bonchev–Trinajstić information content (AvgIpc) is 3.01. The van der Waals surface area contributed by atoms with Gasteiger partial charge in [-0.2, -0.15) is 5.26 Å². The third-order valence-electron chi connectivity index (χ3n) is 4.59. The van der Waals surface area contributed by atoms with Crippen LogP contribution in [-0.2, 0) is 13.1 Å². The lowest BCUT2D eigenvalue weighted by atomic mass is 9.90. The lowest BCUT2D eigenvalue weighted by Crippen LogP contribution is -2.22. The summed E-state index contributed by atoms with van der Waals surface area (Å²) >= 11 is 0. The molecule has 128 valence electrons. The Morgan fingerprint density at radius 1 is 1.04 bits per heavy atom. The Morgan fingerprint density at radius 2 is 1.72 bits per heavy atom. The van der Waals surface area contributed by atoms with Gasteiger partial charge in [-0.3, -0.25) is 4.79 Å². The number of nitriles is 1. The molecule has 0 fully saturated rings. The maximum Gasteiger partial charge on any atom is 0.275 e. The van der Waals surface area contributed by atoms with Crippen LogP contribution in [0.4, 0.5) is 0 Å². The van der Waals surface area contributed by atoms with Crippen LogP contribution < -0.4 is 5.56 Å². The van der Waals surface area contributed by atoms with Gasteiger partial charge in [0.2, 0.25) is 0 Å². The summed E-state index contributed by atoms with van der Waals surface area (Å²) in [5.74, 6) is 0. The van der Waals surface area contributed by atoms with E-state index in [4.69, 9.17) is 5.26 Å². The molecule has 0 bridgehead atoms. The Hall–Kier alpha value is -2.80. The van der Waals surface area contributed by atoms with Gasteiger partial charge < -0.3 is 9.13 Å². The number of aromatic nitrogens is 2. The number of rotatable bonds is 6. The van der Waals surface area contributed by atoms with Crippen molar-refractivity contribution >= 4 is 10.9 Å². The monoisotopic (exact) mass is 333 g/mol. The van der Waals surface area contributed by atoms with E-state index in [0.29, 0.717) is 13.1 Å². The zero-order chi connectivity index (χ0) is 17.9. The number of aryl methyl sites for hydroxylation is 1. The molecule has 0 aliphatic rings. The minimum absolute atomic E-state index is 0.0354. The van der Waals surface area contributed by atoms with Gasteiger partial charge in [-0.15, -0.1) is 0 Å². The molecule has 0 aliphatic heterocycles. The molecule has 0 amide bonds. The number of pyridine rings is 1. The smallest absolute Gasteiger partial charge is 0.275 e. The first-order valence-corrected chi connectivity index (χ1v) is 8.64. The molecule has 0 N–H and O–H groups in total. The van der Waals surface area contributed by atoms with Crippen LogP contribution in [0.2, 0.25) is 0 Å². The maximum absolute atomic E-state index is 12.9. The van der Waals surface area contributed by atoms with Crippen molar-refractivity contribution in [1.29, 1.82) is 5.26 Å². The van der Waals surface area contributed by atoms with E-state index in [0.717, 1.165) is 23.7 Å².